The minimum atomic E-state index is 0.193. The minimum absolute atomic E-state index is 0.193. The van der Waals surface area contributed by atoms with Crippen LogP contribution in [-0.4, -0.2) is 31.5 Å². The summed E-state index contributed by atoms with van der Waals surface area (Å²) in [4.78, 5) is 20.4. The monoisotopic (exact) mass is 385 g/mol. The van der Waals surface area contributed by atoms with E-state index in [9.17, 15) is 9.59 Å². The normalized spacial score (nSPS) is 10.3. The lowest BCUT2D eigenvalue weighted by molar-refractivity contribution is -0.120. The molecule has 0 fully saturated rings. The fraction of sp³-hybridized carbons (Fsp3) is 0.238. The Morgan fingerprint density at radius 3 is 2.39 bits per heavy atom. The largest absolute Gasteiger partial charge is 0.508 e. The maximum atomic E-state index is 10.5. The number of terminal acetylenes is 1. The minimum Gasteiger partial charge on any atom is -0.508 e. The van der Waals surface area contributed by atoms with Crippen LogP contribution in [0.5, 0.6) is 11.5 Å². The van der Waals surface area contributed by atoms with E-state index < -0.39 is 0 Å². The number of ether oxygens (including phenoxy) is 1. The Morgan fingerprint density at radius 1 is 1.18 bits per heavy atom. The Labute approximate surface area is 165 Å². The summed E-state index contributed by atoms with van der Waals surface area (Å²) in [5.41, 5.74) is 4.55. The van der Waals surface area contributed by atoms with Crippen LogP contribution in [0, 0.1) is 12.8 Å². The van der Waals surface area contributed by atoms with Crippen molar-refractivity contribution in [2.45, 2.75) is 18.9 Å². The molecule has 1 atom stereocenters. The maximum Gasteiger partial charge on any atom is 0.298 e. The molecule has 5 N–H and O–H groups in total. The Morgan fingerprint density at radius 2 is 1.86 bits per heavy atom. The molecule has 0 heterocycles. The number of nitrogens with one attached hydrogen (secondary N) is 2. The third-order valence-corrected chi connectivity index (χ3v) is 3.58. The van der Waals surface area contributed by atoms with Crippen molar-refractivity contribution >= 4 is 12.8 Å². The number of rotatable bonds is 9. The van der Waals surface area contributed by atoms with Crippen LogP contribution in [0.2, 0.25) is 0 Å². The molecular weight excluding hydrogens is 358 g/mol. The molecule has 1 unspecified atom stereocenters. The molecule has 150 valence electrons. The van der Waals surface area contributed by atoms with Crippen molar-refractivity contribution in [3.63, 3.8) is 0 Å². The zero-order chi connectivity index (χ0) is 21.2. The van der Waals surface area contributed by atoms with Crippen LogP contribution in [0.15, 0.2) is 48.5 Å². The molecule has 0 aliphatic carbocycles. The van der Waals surface area contributed by atoms with Crippen LogP contribution in [-0.2, 0) is 16.1 Å². The SMILES string of the molecule is C#C.CNCC(CC=O)c1ccc(O)cc1.NNCc1cccc(OC=O)c1. The van der Waals surface area contributed by atoms with Gasteiger partial charge < -0.3 is 20.0 Å². The van der Waals surface area contributed by atoms with Crippen LogP contribution >= 0.6 is 0 Å². The highest BCUT2D eigenvalue weighted by atomic mass is 16.5. The number of likely N-dealkylation sites (N-methyl/N-ethyl adjacent to an activating group) is 1. The van der Waals surface area contributed by atoms with Gasteiger partial charge in [-0.2, -0.15) is 0 Å². The summed E-state index contributed by atoms with van der Waals surface area (Å²) in [5, 5.41) is 12.2. The highest BCUT2D eigenvalue weighted by molar-refractivity contribution is 5.52. The fourth-order valence-corrected chi connectivity index (χ4v) is 2.35. The van der Waals surface area contributed by atoms with Crippen LogP contribution < -0.4 is 21.3 Å². The molecule has 0 aliphatic rings. The highest BCUT2D eigenvalue weighted by Gasteiger charge is 2.09. The summed E-state index contributed by atoms with van der Waals surface area (Å²) in [6.45, 7) is 1.72. The van der Waals surface area contributed by atoms with E-state index in [2.05, 4.69) is 28.3 Å². The smallest absolute Gasteiger partial charge is 0.298 e. The molecule has 0 amide bonds. The number of nitrogens with two attached hydrogens (primary N) is 1. The average Bonchev–Trinajstić information content (AvgIpc) is 2.71. The zero-order valence-electron chi connectivity index (χ0n) is 15.9. The van der Waals surface area contributed by atoms with E-state index in [-0.39, 0.29) is 11.7 Å². The molecule has 0 spiro atoms. The van der Waals surface area contributed by atoms with Gasteiger partial charge in [-0.1, -0.05) is 24.3 Å². The summed E-state index contributed by atoms with van der Waals surface area (Å²) < 4.78 is 4.64. The summed E-state index contributed by atoms with van der Waals surface area (Å²) in [6.07, 6.45) is 9.43. The summed E-state index contributed by atoms with van der Waals surface area (Å²) in [7, 11) is 1.86. The van der Waals surface area contributed by atoms with Gasteiger partial charge in [-0.3, -0.25) is 16.1 Å². The predicted octanol–water partition coefficient (Wildman–Crippen LogP) is 1.72. The molecule has 0 bridgehead atoms. The van der Waals surface area contributed by atoms with E-state index in [0.29, 0.717) is 25.2 Å². The molecule has 2 rings (SSSR count). The lowest BCUT2D eigenvalue weighted by Crippen LogP contribution is -2.20. The van der Waals surface area contributed by atoms with Gasteiger partial charge in [-0.25, -0.2) is 0 Å². The van der Waals surface area contributed by atoms with Gasteiger partial charge in [0.05, 0.1) is 0 Å². The van der Waals surface area contributed by atoms with E-state index in [0.717, 1.165) is 24.0 Å². The van der Waals surface area contributed by atoms with E-state index >= 15 is 0 Å². The highest BCUT2D eigenvalue weighted by Crippen LogP contribution is 2.20. The molecule has 0 aliphatic heterocycles. The number of hydrogen-bond donors (Lipinski definition) is 4. The standard InChI is InChI=1S/C11H15NO2.C8H10N2O2.C2H2/c1-12-8-10(6-7-13)9-2-4-11(14)5-3-9;9-10-5-7-2-1-3-8(4-7)12-6-11;1-2/h2-5,7,10,12,14H,6,8H2,1H3;1-4,6,10H,5,9H2;1-2H. The molecule has 7 nitrogen and oxygen atoms in total. The van der Waals surface area contributed by atoms with Gasteiger partial charge in [0.15, 0.2) is 0 Å². The van der Waals surface area contributed by atoms with Crippen LogP contribution in [0.25, 0.3) is 0 Å². The van der Waals surface area contributed by atoms with Crippen molar-refractivity contribution in [1.29, 1.82) is 0 Å². The number of hydrogen-bond acceptors (Lipinski definition) is 7. The van der Waals surface area contributed by atoms with Crippen molar-refractivity contribution in [2.24, 2.45) is 5.84 Å². The second-order valence-corrected chi connectivity index (χ2v) is 5.49. The lowest BCUT2D eigenvalue weighted by Gasteiger charge is -2.13. The second-order valence-electron chi connectivity index (χ2n) is 5.49. The molecule has 0 saturated carbocycles. The Balaban J connectivity index is 0.000000483. The van der Waals surface area contributed by atoms with E-state index in [4.69, 9.17) is 10.9 Å². The van der Waals surface area contributed by atoms with Crippen LogP contribution in [0.3, 0.4) is 0 Å². The van der Waals surface area contributed by atoms with Crippen molar-refractivity contribution in [2.75, 3.05) is 13.6 Å². The quantitative estimate of drug-likeness (QED) is 0.225. The van der Waals surface area contributed by atoms with Gasteiger partial charge in [-0.15, -0.1) is 12.8 Å². The summed E-state index contributed by atoms with van der Waals surface area (Å²) in [5.74, 6) is 6.10. The Hall–Kier alpha value is -3.18. The molecule has 28 heavy (non-hydrogen) atoms. The van der Waals surface area contributed by atoms with Crippen molar-refractivity contribution in [3.8, 4) is 24.3 Å². The first kappa shape index (κ1) is 24.8. The molecule has 2 aromatic rings. The summed E-state index contributed by atoms with van der Waals surface area (Å²) >= 11 is 0. The number of phenols is 1. The Bertz CT molecular complexity index is 702. The van der Waals surface area contributed by atoms with Gasteiger partial charge in [0.2, 0.25) is 0 Å². The van der Waals surface area contributed by atoms with Gasteiger partial charge in [0.1, 0.15) is 17.8 Å². The van der Waals surface area contributed by atoms with Crippen LogP contribution in [0.4, 0.5) is 0 Å². The Kier molecular flexibility index (Phi) is 14.2. The first-order chi connectivity index (χ1) is 13.6. The number of carbonyl (C=O) groups excluding carboxylic acids is 2. The molecule has 0 radical (unpaired) electrons. The number of carbonyl (C=O) groups is 2. The summed E-state index contributed by atoms with van der Waals surface area (Å²) in [6, 6.07) is 14.1. The van der Waals surface area contributed by atoms with Crippen molar-refractivity contribution in [3.05, 3.63) is 59.7 Å². The van der Waals surface area contributed by atoms with Crippen LogP contribution in [0.1, 0.15) is 23.5 Å². The lowest BCUT2D eigenvalue weighted by atomic mass is 9.96. The molecular formula is C21H27N3O4. The first-order valence-corrected chi connectivity index (χ1v) is 8.47. The number of hydrazine groups is 1. The van der Waals surface area contributed by atoms with Gasteiger partial charge in [0, 0.05) is 25.4 Å². The predicted molar refractivity (Wildman–Crippen MR) is 110 cm³/mol. The average molecular weight is 385 g/mol. The molecule has 7 heteroatoms. The topological polar surface area (TPSA) is 114 Å². The van der Waals surface area contributed by atoms with E-state index in [1.54, 1.807) is 30.3 Å². The fourth-order valence-electron chi connectivity index (χ4n) is 2.35. The number of aromatic hydroxyl groups is 1. The molecule has 0 aromatic heterocycles. The third-order valence-electron chi connectivity index (χ3n) is 3.58. The number of phenolic OH excluding ortho intramolecular Hbond substituents is 1. The van der Waals surface area contributed by atoms with Crippen molar-refractivity contribution < 1.29 is 19.4 Å². The maximum absolute atomic E-state index is 10.5. The van der Waals surface area contributed by atoms with Gasteiger partial charge >= 0.3 is 0 Å². The number of benzene rings is 2. The molecule has 0 saturated heterocycles. The van der Waals surface area contributed by atoms with Gasteiger partial charge in [-0.05, 0) is 42.4 Å². The van der Waals surface area contributed by atoms with Crippen molar-refractivity contribution in [1.82, 2.24) is 10.7 Å². The molecule has 2 aromatic carbocycles. The van der Waals surface area contributed by atoms with E-state index in [1.807, 2.05) is 25.2 Å². The van der Waals surface area contributed by atoms with E-state index in [1.165, 1.54) is 0 Å². The number of aldehydes is 1. The van der Waals surface area contributed by atoms with Gasteiger partial charge in [0.25, 0.3) is 6.47 Å². The second kappa shape index (κ2) is 16.0. The third kappa shape index (κ3) is 10.1. The zero-order valence-corrected chi connectivity index (χ0v) is 15.9. The first-order valence-electron chi connectivity index (χ1n) is 8.47.